The Morgan fingerprint density at radius 3 is 2.65 bits per heavy atom. The minimum Gasteiger partial charge on any atom is -0.439 e. The second-order valence-electron chi connectivity index (χ2n) is 9.87. The summed E-state index contributed by atoms with van der Waals surface area (Å²) in [4.78, 5) is 27.2. The summed E-state index contributed by atoms with van der Waals surface area (Å²) in [6.07, 6.45) is 6.46. The van der Waals surface area contributed by atoms with Crippen molar-refractivity contribution in [2.24, 2.45) is 5.92 Å². The summed E-state index contributed by atoms with van der Waals surface area (Å²) in [5, 5.41) is 14.6. The molecule has 4 aromatic rings. The van der Waals surface area contributed by atoms with Crippen LogP contribution < -0.4 is 10.5 Å². The zero-order chi connectivity index (χ0) is 27.8. The van der Waals surface area contributed by atoms with Crippen molar-refractivity contribution in [2.75, 3.05) is 18.8 Å². The summed E-state index contributed by atoms with van der Waals surface area (Å²) in [5.41, 5.74) is 7.05. The van der Waals surface area contributed by atoms with Crippen LogP contribution in [0.25, 0.3) is 22.3 Å². The molecule has 3 aromatic heterocycles. The average Bonchev–Trinajstić information content (AvgIpc) is 3.70. The zero-order valence-electron chi connectivity index (χ0n) is 21.3. The highest BCUT2D eigenvalue weighted by Gasteiger charge is 2.31. The van der Waals surface area contributed by atoms with Gasteiger partial charge in [-0.1, -0.05) is 6.08 Å². The van der Waals surface area contributed by atoms with Crippen molar-refractivity contribution in [3.8, 4) is 29.0 Å². The number of allylic oxidation sites excluding steroid dienone is 1. The number of likely N-dealkylation sites (tertiary alicyclic amines) is 1. The van der Waals surface area contributed by atoms with Crippen LogP contribution in [0, 0.1) is 29.0 Å². The first kappa shape index (κ1) is 25.4. The topological polar surface area (TPSA) is 136 Å². The van der Waals surface area contributed by atoms with Gasteiger partial charge in [-0.2, -0.15) is 19.7 Å². The normalized spacial score (nSPS) is 17.6. The van der Waals surface area contributed by atoms with Gasteiger partial charge in [0, 0.05) is 19.2 Å². The molecule has 0 spiro atoms. The van der Waals surface area contributed by atoms with E-state index < -0.39 is 11.8 Å². The van der Waals surface area contributed by atoms with E-state index in [2.05, 4.69) is 21.0 Å². The molecule has 0 radical (unpaired) electrons. The first-order valence-corrected chi connectivity index (χ1v) is 12.9. The van der Waals surface area contributed by atoms with Gasteiger partial charge in [-0.05, 0) is 61.9 Å². The van der Waals surface area contributed by atoms with E-state index in [1.165, 1.54) is 42.7 Å². The van der Waals surface area contributed by atoms with Crippen molar-refractivity contribution in [1.82, 2.24) is 29.6 Å². The fourth-order valence-electron chi connectivity index (χ4n) is 4.88. The number of nitrogens with zero attached hydrogens (tertiary/aromatic N) is 7. The van der Waals surface area contributed by atoms with Gasteiger partial charge in [-0.25, -0.2) is 19.0 Å². The van der Waals surface area contributed by atoms with Crippen LogP contribution in [0.3, 0.4) is 0 Å². The summed E-state index contributed by atoms with van der Waals surface area (Å²) in [6.45, 7) is 0.837. The molecule has 1 aliphatic heterocycles. The Morgan fingerprint density at radius 1 is 1.12 bits per heavy atom. The van der Waals surface area contributed by atoms with Crippen molar-refractivity contribution in [3.05, 3.63) is 66.1 Å². The van der Waals surface area contributed by atoms with E-state index >= 15 is 4.39 Å². The summed E-state index contributed by atoms with van der Waals surface area (Å²) >= 11 is 0. The number of hydrogen-bond donors (Lipinski definition) is 1. The highest BCUT2D eigenvalue weighted by atomic mass is 19.1. The Bertz CT molecular complexity index is 1670. The zero-order valence-corrected chi connectivity index (χ0v) is 21.3. The number of amides is 1. The molecule has 0 unspecified atom stereocenters. The average molecular weight is 543 g/mol. The van der Waals surface area contributed by atoms with Crippen LogP contribution in [-0.4, -0.2) is 48.6 Å². The van der Waals surface area contributed by atoms with Gasteiger partial charge in [0.25, 0.3) is 5.91 Å². The second-order valence-corrected chi connectivity index (χ2v) is 9.87. The Hall–Kier alpha value is -4.92. The number of carbonyl (C=O) groups excluding carboxylic acids is 1. The van der Waals surface area contributed by atoms with Gasteiger partial charge in [0.2, 0.25) is 11.8 Å². The quantitative estimate of drug-likeness (QED) is 0.213. The third kappa shape index (κ3) is 4.93. The maximum absolute atomic E-state index is 15.3. The largest absolute Gasteiger partial charge is 0.439 e. The van der Waals surface area contributed by atoms with Crippen LogP contribution in [0.4, 0.5) is 14.6 Å². The number of rotatable bonds is 6. The molecule has 1 atom stereocenters. The number of nitrogens with two attached hydrogens (primary N) is 1. The van der Waals surface area contributed by atoms with Gasteiger partial charge in [-0.3, -0.25) is 4.79 Å². The lowest BCUT2D eigenvalue weighted by Gasteiger charge is -2.32. The number of hydrogen-bond acceptors (Lipinski definition) is 8. The molecule has 1 aromatic carbocycles. The summed E-state index contributed by atoms with van der Waals surface area (Å²) in [7, 11) is 0. The Balaban J connectivity index is 1.32. The number of benzene rings is 1. The maximum Gasteiger partial charge on any atom is 0.264 e. The molecule has 10 nitrogen and oxygen atoms in total. The van der Waals surface area contributed by atoms with Gasteiger partial charge in [0.15, 0.2) is 5.65 Å². The molecule has 12 heteroatoms. The molecule has 0 bridgehead atoms. The molecule has 2 fully saturated rings. The van der Waals surface area contributed by atoms with Crippen molar-refractivity contribution >= 4 is 22.8 Å². The minimum atomic E-state index is -0.848. The lowest BCUT2D eigenvalue weighted by atomic mass is 10.0. The molecular weight excluding hydrogens is 518 g/mol. The second kappa shape index (κ2) is 10.3. The van der Waals surface area contributed by atoms with E-state index in [0.717, 1.165) is 12.8 Å². The van der Waals surface area contributed by atoms with Gasteiger partial charge >= 0.3 is 0 Å². The Kier molecular flexibility index (Phi) is 6.55. The Morgan fingerprint density at radius 2 is 1.93 bits per heavy atom. The maximum atomic E-state index is 15.3. The molecule has 1 saturated carbocycles. The third-order valence-electron chi connectivity index (χ3n) is 7.04. The standard InChI is InChI=1S/C28H24F2N8O2/c29-18-5-7-20(8-6-18)40-22-10-9-21(25(30)35-22)24-23-26(32)33-15-34-27(23)38(36-24)19-2-1-11-37(14-19)28(39)17(13-31)12-16-3-4-16/h5-10,12,15-16,19H,1-4,11,14H2,(H2,32,33,34)/t19-/m1/s1. The fourth-order valence-corrected chi connectivity index (χ4v) is 4.88. The number of fused-ring (bicyclic) bond motifs is 1. The summed E-state index contributed by atoms with van der Waals surface area (Å²) < 4.78 is 35.7. The molecule has 6 rings (SSSR count). The predicted molar refractivity (Wildman–Crippen MR) is 141 cm³/mol. The molecule has 2 N–H and O–H groups in total. The van der Waals surface area contributed by atoms with Crippen LogP contribution in [0.2, 0.25) is 0 Å². The molecule has 4 heterocycles. The lowest BCUT2D eigenvalue weighted by molar-refractivity contribution is -0.128. The molecule has 202 valence electrons. The summed E-state index contributed by atoms with van der Waals surface area (Å²) in [5.74, 6) is -0.857. The number of pyridine rings is 1. The van der Waals surface area contributed by atoms with Crippen LogP contribution in [0.1, 0.15) is 31.7 Å². The molecular formula is C28H24F2N8O2. The number of halogens is 2. The van der Waals surface area contributed by atoms with Crippen molar-refractivity contribution < 1.29 is 18.3 Å². The molecule has 1 aliphatic carbocycles. The number of nitrogen functional groups attached to an aromatic ring is 1. The van der Waals surface area contributed by atoms with Crippen molar-refractivity contribution in [1.29, 1.82) is 5.26 Å². The molecule has 1 amide bonds. The van der Waals surface area contributed by atoms with Gasteiger partial charge in [-0.15, -0.1) is 0 Å². The third-order valence-corrected chi connectivity index (χ3v) is 7.04. The number of anilines is 1. The van der Waals surface area contributed by atoms with E-state index in [1.54, 1.807) is 15.7 Å². The van der Waals surface area contributed by atoms with E-state index in [0.29, 0.717) is 48.6 Å². The van der Waals surface area contributed by atoms with E-state index in [4.69, 9.17) is 15.6 Å². The van der Waals surface area contributed by atoms with E-state index in [-0.39, 0.29) is 40.5 Å². The van der Waals surface area contributed by atoms with Gasteiger partial charge in [0.1, 0.15) is 41.0 Å². The van der Waals surface area contributed by atoms with E-state index in [9.17, 15) is 14.4 Å². The number of carbonyl (C=O) groups is 1. The van der Waals surface area contributed by atoms with Crippen molar-refractivity contribution in [2.45, 2.75) is 31.7 Å². The first-order valence-electron chi connectivity index (χ1n) is 12.9. The van der Waals surface area contributed by atoms with Crippen LogP contribution in [0.5, 0.6) is 11.6 Å². The lowest BCUT2D eigenvalue weighted by Crippen LogP contribution is -2.41. The highest BCUT2D eigenvalue weighted by molar-refractivity contribution is 5.99. The summed E-state index contributed by atoms with van der Waals surface area (Å²) in [6, 6.07) is 10.0. The minimum absolute atomic E-state index is 0.0187. The van der Waals surface area contributed by atoms with Gasteiger partial charge < -0.3 is 15.4 Å². The molecule has 40 heavy (non-hydrogen) atoms. The van der Waals surface area contributed by atoms with E-state index in [1.807, 2.05) is 0 Å². The molecule has 2 aliphatic rings. The predicted octanol–water partition coefficient (Wildman–Crippen LogP) is 4.56. The Labute approximate surface area is 227 Å². The SMILES string of the molecule is N#CC(=CC1CC1)C(=O)N1CCC[C@@H](n2nc(-c3ccc(Oc4ccc(F)cc4)nc3F)c3c(N)ncnc32)C1. The van der Waals surface area contributed by atoms with Crippen LogP contribution in [0.15, 0.2) is 54.4 Å². The molecule has 1 saturated heterocycles. The number of nitriles is 1. The highest BCUT2D eigenvalue weighted by Crippen LogP contribution is 2.36. The first-order chi connectivity index (χ1) is 19.4. The number of ether oxygens (including phenoxy) is 1. The fraction of sp³-hybridized carbons (Fsp3) is 0.286. The smallest absolute Gasteiger partial charge is 0.264 e. The van der Waals surface area contributed by atoms with Crippen molar-refractivity contribution in [3.63, 3.8) is 0 Å². The monoisotopic (exact) mass is 542 g/mol. The van der Waals surface area contributed by atoms with Gasteiger partial charge in [0.05, 0.1) is 17.0 Å². The van der Waals surface area contributed by atoms with Crippen LogP contribution >= 0.6 is 0 Å². The number of aromatic nitrogens is 5. The van der Waals surface area contributed by atoms with Crippen LogP contribution in [-0.2, 0) is 4.79 Å². The number of piperidine rings is 1.